The third-order valence-electron chi connectivity index (χ3n) is 2.34. The Morgan fingerprint density at radius 1 is 1.53 bits per heavy atom. The molecule has 5 nitrogen and oxygen atoms in total. The molecular formula is C12H18N2O3. The van der Waals surface area contributed by atoms with Crippen LogP contribution in [0.1, 0.15) is 20.8 Å². The second kappa shape index (κ2) is 5.03. The lowest BCUT2D eigenvalue weighted by atomic mass is 10.1. The van der Waals surface area contributed by atoms with Crippen LogP contribution in [0.4, 0.5) is 5.69 Å². The van der Waals surface area contributed by atoms with Crippen LogP contribution in [-0.4, -0.2) is 35.3 Å². The number of carbonyl (C=O) groups is 1. The zero-order valence-electron chi connectivity index (χ0n) is 10.6. The minimum absolute atomic E-state index is 0.0589. The molecule has 0 fully saturated rings. The number of carboxylic acids is 1. The molecule has 0 aliphatic rings. The van der Waals surface area contributed by atoms with Gasteiger partial charge in [-0.05, 0) is 26.8 Å². The molecule has 0 saturated heterocycles. The maximum atomic E-state index is 10.9. The molecule has 1 aromatic rings. The summed E-state index contributed by atoms with van der Waals surface area (Å²) in [5.41, 5.74) is 0.497. The molecule has 0 atom stereocenters. The van der Waals surface area contributed by atoms with Gasteiger partial charge in [0.15, 0.2) is 0 Å². The maximum absolute atomic E-state index is 10.9. The monoisotopic (exact) mass is 238 g/mol. The van der Waals surface area contributed by atoms with E-state index in [1.165, 1.54) is 7.11 Å². The van der Waals surface area contributed by atoms with Gasteiger partial charge in [0.25, 0.3) is 0 Å². The highest BCUT2D eigenvalue weighted by atomic mass is 16.5. The van der Waals surface area contributed by atoms with Crippen molar-refractivity contribution in [1.29, 1.82) is 0 Å². The molecule has 17 heavy (non-hydrogen) atoms. The second-order valence-electron chi connectivity index (χ2n) is 4.71. The van der Waals surface area contributed by atoms with Gasteiger partial charge in [-0.15, -0.1) is 0 Å². The van der Waals surface area contributed by atoms with Crippen molar-refractivity contribution < 1.29 is 14.6 Å². The summed E-state index contributed by atoms with van der Waals surface area (Å²) in [6.07, 6.45) is 1.61. The van der Waals surface area contributed by atoms with Gasteiger partial charge in [0.2, 0.25) is 5.88 Å². The number of carboxylic acid groups (broad SMARTS) is 1. The van der Waals surface area contributed by atoms with Crippen molar-refractivity contribution in [3.05, 3.63) is 18.3 Å². The molecule has 0 aliphatic carbocycles. The molecule has 0 radical (unpaired) electrons. The SMILES string of the molecule is COc1cc(N(CC(=O)O)C(C)(C)C)ccn1. The van der Waals surface area contributed by atoms with Gasteiger partial charge in [0.1, 0.15) is 6.54 Å². The average Bonchev–Trinajstić information content (AvgIpc) is 2.24. The Hall–Kier alpha value is -1.78. The predicted octanol–water partition coefficient (Wildman–Crippen LogP) is 1.78. The third kappa shape index (κ3) is 3.62. The average molecular weight is 238 g/mol. The van der Waals surface area contributed by atoms with Crippen molar-refractivity contribution in [2.75, 3.05) is 18.6 Å². The second-order valence-corrected chi connectivity index (χ2v) is 4.71. The van der Waals surface area contributed by atoms with Crippen LogP contribution < -0.4 is 9.64 Å². The van der Waals surface area contributed by atoms with Crippen LogP contribution in [-0.2, 0) is 4.79 Å². The molecule has 5 heteroatoms. The van der Waals surface area contributed by atoms with Gasteiger partial charge in [-0.2, -0.15) is 0 Å². The standard InChI is InChI=1S/C12H18N2O3/c1-12(2,3)14(8-11(15)16)9-5-6-13-10(7-9)17-4/h5-7H,8H2,1-4H3,(H,15,16). The lowest BCUT2D eigenvalue weighted by Gasteiger charge is -2.36. The molecule has 1 aromatic heterocycles. The molecule has 0 aliphatic heterocycles. The molecule has 0 aromatic carbocycles. The Morgan fingerprint density at radius 3 is 2.65 bits per heavy atom. The van der Waals surface area contributed by atoms with E-state index in [-0.39, 0.29) is 12.1 Å². The molecule has 0 amide bonds. The Kier molecular flexibility index (Phi) is 3.93. The van der Waals surface area contributed by atoms with E-state index in [0.717, 1.165) is 5.69 Å². The van der Waals surface area contributed by atoms with Crippen molar-refractivity contribution >= 4 is 11.7 Å². The molecule has 0 spiro atoms. The number of aliphatic carboxylic acids is 1. The highest BCUT2D eigenvalue weighted by Crippen LogP contribution is 2.25. The van der Waals surface area contributed by atoms with E-state index in [1.807, 2.05) is 20.8 Å². The van der Waals surface area contributed by atoms with E-state index < -0.39 is 5.97 Å². The molecule has 0 saturated carbocycles. The predicted molar refractivity (Wildman–Crippen MR) is 65.5 cm³/mol. The fourth-order valence-corrected chi connectivity index (χ4v) is 1.53. The zero-order valence-corrected chi connectivity index (χ0v) is 10.6. The van der Waals surface area contributed by atoms with E-state index >= 15 is 0 Å². The summed E-state index contributed by atoms with van der Waals surface area (Å²) in [7, 11) is 1.53. The minimum Gasteiger partial charge on any atom is -0.481 e. The van der Waals surface area contributed by atoms with Crippen molar-refractivity contribution in [2.24, 2.45) is 0 Å². The fraction of sp³-hybridized carbons (Fsp3) is 0.500. The van der Waals surface area contributed by atoms with Crippen LogP contribution in [0, 0.1) is 0 Å². The molecule has 1 heterocycles. The fourth-order valence-electron chi connectivity index (χ4n) is 1.53. The van der Waals surface area contributed by atoms with Gasteiger partial charge in [-0.25, -0.2) is 4.98 Å². The van der Waals surface area contributed by atoms with Gasteiger partial charge in [-0.3, -0.25) is 4.79 Å². The van der Waals surface area contributed by atoms with Crippen LogP contribution in [0.2, 0.25) is 0 Å². The van der Waals surface area contributed by atoms with Crippen LogP contribution in [0.15, 0.2) is 18.3 Å². The van der Waals surface area contributed by atoms with Crippen molar-refractivity contribution in [3.63, 3.8) is 0 Å². The van der Waals surface area contributed by atoms with E-state index in [0.29, 0.717) is 5.88 Å². The van der Waals surface area contributed by atoms with Crippen LogP contribution in [0.5, 0.6) is 5.88 Å². The molecular weight excluding hydrogens is 220 g/mol. The first kappa shape index (κ1) is 13.3. The Balaban J connectivity index is 3.08. The van der Waals surface area contributed by atoms with E-state index in [2.05, 4.69) is 4.98 Å². The topological polar surface area (TPSA) is 62.7 Å². The number of hydrogen-bond acceptors (Lipinski definition) is 4. The third-order valence-corrected chi connectivity index (χ3v) is 2.34. The maximum Gasteiger partial charge on any atom is 0.323 e. The normalized spacial score (nSPS) is 11.1. The number of nitrogens with zero attached hydrogens (tertiary/aromatic N) is 2. The first-order chi connectivity index (χ1) is 7.84. The number of pyridine rings is 1. The molecule has 94 valence electrons. The minimum atomic E-state index is -0.865. The zero-order chi connectivity index (χ0) is 13.1. The quantitative estimate of drug-likeness (QED) is 0.866. The summed E-state index contributed by atoms with van der Waals surface area (Å²) in [6.45, 7) is 5.82. The van der Waals surface area contributed by atoms with Crippen LogP contribution in [0.3, 0.4) is 0 Å². The number of aromatic nitrogens is 1. The van der Waals surface area contributed by atoms with Gasteiger partial charge in [0.05, 0.1) is 7.11 Å². The molecule has 1 N–H and O–H groups in total. The van der Waals surface area contributed by atoms with E-state index in [9.17, 15) is 4.79 Å². The van der Waals surface area contributed by atoms with Crippen LogP contribution in [0.25, 0.3) is 0 Å². The molecule has 0 bridgehead atoms. The summed E-state index contributed by atoms with van der Waals surface area (Å²) in [5, 5.41) is 8.95. The summed E-state index contributed by atoms with van der Waals surface area (Å²) in [6, 6.07) is 3.50. The number of anilines is 1. The lowest BCUT2D eigenvalue weighted by Crippen LogP contribution is -2.44. The van der Waals surface area contributed by atoms with Gasteiger partial charge in [-0.1, -0.05) is 0 Å². The first-order valence-corrected chi connectivity index (χ1v) is 5.34. The first-order valence-electron chi connectivity index (χ1n) is 5.34. The van der Waals surface area contributed by atoms with Gasteiger partial charge >= 0.3 is 5.97 Å². The van der Waals surface area contributed by atoms with Crippen LogP contribution >= 0.6 is 0 Å². The largest absolute Gasteiger partial charge is 0.481 e. The van der Waals surface area contributed by atoms with Crippen molar-refractivity contribution in [2.45, 2.75) is 26.3 Å². The Labute approximate surface area is 101 Å². The molecule has 1 rings (SSSR count). The van der Waals surface area contributed by atoms with E-state index in [1.54, 1.807) is 23.2 Å². The van der Waals surface area contributed by atoms with Gasteiger partial charge in [0, 0.05) is 23.5 Å². The summed E-state index contributed by atoms with van der Waals surface area (Å²) in [5.74, 6) is -0.391. The van der Waals surface area contributed by atoms with Crippen molar-refractivity contribution in [1.82, 2.24) is 4.98 Å². The summed E-state index contributed by atoms with van der Waals surface area (Å²) < 4.78 is 5.04. The number of rotatable bonds is 4. The highest BCUT2D eigenvalue weighted by molar-refractivity contribution is 5.74. The Morgan fingerprint density at radius 2 is 2.18 bits per heavy atom. The number of ether oxygens (including phenoxy) is 1. The number of hydrogen-bond donors (Lipinski definition) is 1. The smallest absolute Gasteiger partial charge is 0.323 e. The summed E-state index contributed by atoms with van der Waals surface area (Å²) >= 11 is 0. The highest BCUT2D eigenvalue weighted by Gasteiger charge is 2.24. The van der Waals surface area contributed by atoms with Crippen molar-refractivity contribution in [3.8, 4) is 5.88 Å². The lowest BCUT2D eigenvalue weighted by molar-refractivity contribution is -0.135. The van der Waals surface area contributed by atoms with E-state index in [4.69, 9.17) is 9.84 Å². The Bertz CT molecular complexity index is 399. The number of methoxy groups -OCH3 is 1. The van der Waals surface area contributed by atoms with Gasteiger partial charge < -0.3 is 14.7 Å². The summed E-state index contributed by atoms with van der Waals surface area (Å²) in [4.78, 5) is 16.7. The molecule has 0 unspecified atom stereocenters.